The first-order valence-corrected chi connectivity index (χ1v) is 3.22. The van der Waals surface area contributed by atoms with E-state index in [0.29, 0.717) is 12.4 Å². The molecule has 4 heteroatoms. The summed E-state index contributed by atoms with van der Waals surface area (Å²) in [5.41, 5.74) is 0.274. The van der Waals surface area contributed by atoms with E-state index in [1.54, 1.807) is 6.07 Å². The lowest BCUT2D eigenvalue weighted by Gasteiger charge is -1.99. The molecule has 0 amide bonds. The Hall–Kier alpha value is -1.63. The van der Waals surface area contributed by atoms with Gasteiger partial charge in [0.2, 0.25) is 0 Å². The van der Waals surface area contributed by atoms with Gasteiger partial charge in [-0.1, -0.05) is 0 Å². The van der Waals surface area contributed by atoms with Gasteiger partial charge in [-0.05, 0) is 6.92 Å². The Balaban J connectivity index is 2.85. The number of rotatable bonds is 2. The van der Waals surface area contributed by atoms with Crippen LogP contribution in [0.4, 0.5) is 0 Å². The molecule has 4 nitrogen and oxygen atoms in total. The van der Waals surface area contributed by atoms with Crippen molar-refractivity contribution in [3.05, 3.63) is 18.0 Å². The lowest BCUT2D eigenvalue weighted by molar-refractivity contribution is 0.338. The van der Waals surface area contributed by atoms with E-state index < -0.39 is 0 Å². The predicted molar refractivity (Wildman–Crippen MR) is 37.9 cm³/mol. The Kier molecular flexibility index (Phi) is 2.39. The average Bonchev–Trinajstić information content (AvgIpc) is 2.06. The molecule has 0 aliphatic carbocycles. The molecule has 1 heterocycles. The van der Waals surface area contributed by atoms with Gasteiger partial charge >= 0.3 is 0 Å². The normalized spacial score (nSPS) is 8.73. The fourth-order valence-corrected chi connectivity index (χ4v) is 0.649. The summed E-state index contributed by atoms with van der Waals surface area (Å²) in [5, 5.41) is 15.5. The van der Waals surface area contributed by atoms with E-state index in [9.17, 15) is 0 Å². The molecule has 0 bridgehead atoms. The molecule has 0 spiro atoms. The second kappa shape index (κ2) is 3.52. The van der Waals surface area contributed by atoms with E-state index in [2.05, 4.69) is 10.2 Å². The zero-order valence-corrected chi connectivity index (χ0v) is 6.11. The van der Waals surface area contributed by atoms with Crippen LogP contribution in [0.1, 0.15) is 12.6 Å². The average molecular weight is 149 g/mol. The van der Waals surface area contributed by atoms with Gasteiger partial charge in [-0.3, -0.25) is 0 Å². The summed E-state index contributed by atoms with van der Waals surface area (Å²) in [6.07, 6.45) is 1.48. The van der Waals surface area contributed by atoms with Gasteiger partial charge in [-0.2, -0.15) is 10.4 Å². The smallest absolute Gasteiger partial charge is 0.166 e. The van der Waals surface area contributed by atoms with Gasteiger partial charge in [0.25, 0.3) is 0 Å². The van der Waals surface area contributed by atoms with Crippen LogP contribution in [0.2, 0.25) is 0 Å². The highest BCUT2D eigenvalue weighted by Gasteiger charge is 1.95. The SMILES string of the molecule is CCOc1cnnc(C#N)c1. The Morgan fingerprint density at radius 2 is 2.55 bits per heavy atom. The Morgan fingerprint density at radius 3 is 3.18 bits per heavy atom. The number of nitriles is 1. The van der Waals surface area contributed by atoms with Crippen LogP contribution < -0.4 is 4.74 Å². The van der Waals surface area contributed by atoms with Crippen molar-refractivity contribution in [2.75, 3.05) is 6.61 Å². The van der Waals surface area contributed by atoms with Crippen LogP contribution in [0.15, 0.2) is 12.3 Å². The number of aromatic nitrogens is 2. The van der Waals surface area contributed by atoms with Crippen LogP contribution >= 0.6 is 0 Å². The van der Waals surface area contributed by atoms with Crippen molar-refractivity contribution in [3.63, 3.8) is 0 Å². The van der Waals surface area contributed by atoms with Crippen molar-refractivity contribution in [3.8, 4) is 11.8 Å². The summed E-state index contributed by atoms with van der Waals surface area (Å²) in [7, 11) is 0. The van der Waals surface area contributed by atoms with Gasteiger partial charge in [-0.15, -0.1) is 5.10 Å². The minimum absolute atomic E-state index is 0.274. The largest absolute Gasteiger partial charge is 0.492 e. The minimum Gasteiger partial charge on any atom is -0.492 e. The van der Waals surface area contributed by atoms with Crippen molar-refractivity contribution in [2.45, 2.75) is 6.92 Å². The van der Waals surface area contributed by atoms with Crippen LogP contribution in [0.5, 0.6) is 5.75 Å². The van der Waals surface area contributed by atoms with Crippen molar-refractivity contribution in [1.29, 1.82) is 5.26 Å². The summed E-state index contributed by atoms with van der Waals surface area (Å²) in [5.74, 6) is 0.582. The lowest BCUT2D eigenvalue weighted by atomic mass is 10.4. The van der Waals surface area contributed by atoms with E-state index in [0.717, 1.165) is 0 Å². The highest BCUT2D eigenvalue weighted by molar-refractivity contribution is 5.26. The first-order chi connectivity index (χ1) is 5.36. The molecule has 1 rings (SSSR count). The maximum absolute atomic E-state index is 8.42. The third-order valence-corrected chi connectivity index (χ3v) is 1.05. The zero-order chi connectivity index (χ0) is 8.10. The number of hydrogen-bond acceptors (Lipinski definition) is 4. The van der Waals surface area contributed by atoms with Gasteiger partial charge in [0.15, 0.2) is 5.69 Å². The fourth-order valence-electron chi connectivity index (χ4n) is 0.649. The van der Waals surface area contributed by atoms with Crippen molar-refractivity contribution in [2.24, 2.45) is 0 Å². The molecule has 0 aliphatic heterocycles. The number of nitrogens with zero attached hydrogens (tertiary/aromatic N) is 3. The van der Waals surface area contributed by atoms with Gasteiger partial charge in [0.05, 0.1) is 12.8 Å². The molecule has 0 radical (unpaired) electrons. The molecule has 0 unspecified atom stereocenters. The monoisotopic (exact) mass is 149 g/mol. The number of hydrogen-bond donors (Lipinski definition) is 0. The lowest BCUT2D eigenvalue weighted by Crippen LogP contribution is -1.94. The minimum atomic E-state index is 0.274. The summed E-state index contributed by atoms with van der Waals surface area (Å²) in [6.45, 7) is 2.43. The van der Waals surface area contributed by atoms with Crippen LogP contribution in [-0.2, 0) is 0 Å². The van der Waals surface area contributed by atoms with E-state index in [-0.39, 0.29) is 5.69 Å². The van der Waals surface area contributed by atoms with Gasteiger partial charge in [-0.25, -0.2) is 0 Å². The first kappa shape index (κ1) is 7.48. The molecule has 0 saturated heterocycles. The van der Waals surface area contributed by atoms with Crippen molar-refractivity contribution < 1.29 is 4.74 Å². The highest BCUT2D eigenvalue weighted by Crippen LogP contribution is 2.07. The molecule has 0 saturated carbocycles. The topological polar surface area (TPSA) is 58.8 Å². The van der Waals surface area contributed by atoms with Crippen LogP contribution in [-0.4, -0.2) is 16.8 Å². The molecule has 11 heavy (non-hydrogen) atoms. The van der Waals surface area contributed by atoms with Crippen LogP contribution in [0.3, 0.4) is 0 Å². The molecular formula is C7H7N3O. The van der Waals surface area contributed by atoms with Crippen LogP contribution in [0.25, 0.3) is 0 Å². The van der Waals surface area contributed by atoms with Gasteiger partial charge in [0.1, 0.15) is 11.8 Å². The van der Waals surface area contributed by atoms with E-state index in [4.69, 9.17) is 10.00 Å². The molecule has 0 aliphatic rings. The molecule has 0 fully saturated rings. The molecule has 56 valence electrons. The highest BCUT2D eigenvalue weighted by atomic mass is 16.5. The molecule has 0 N–H and O–H groups in total. The van der Waals surface area contributed by atoms with E-state index >= 15 is 0 Å². The second-order valence-electron chi connectivity index (χ2n) is 1.82. The van der Waals surface area contributed by atoms with E-state index in [1.165, 1.54) is 6.20 Å². The molecule has 0 aromatic carbocycles. The predicted octanol–water partition coefficient (Wildman–Crippen LogP) is 0.747. The third-order valence-electron chi connectivity index (χ3n) is 1.05. The van der Waals surface area contributed by atoms with Gasteiger partial charge < -0.3 is 4.74 Å². The molecule has 1 aromatic heterocycles. The van der Waals surface area contributed by atoms with Crippen LogP contribution in [0, 0.1) is 11.3 Å². The summed E-state index contributed by atoms with van der Waals surface area (Å²) in [6, 6.07) is 3.42. The quantitative estimate of drug-likeness (QED) is 0.622. The maximum Gasteiger partial charge on any atom is 0.166 e. The van der Waals surface area contributed by atoms with Crippen molar-refractivity contribution in [1.82, 2.24) is 10.2 Å². The maximum atomic E-state index is 8.42. The summed E-state index contributed by atoms with van der Waals surface area (Å²) in [4.78, 5) is 0. The summed E-state index contributed by atoms with van der Waals surface area (Å²) >= 11 is 0. The Labute approximate surface area is 64.4 Å². The van der Waals surface area contributed by atoms with Gasteiger partial charge in [0, 0.05) is 6.07 Å². The van der Waals surface area contributed by atoms with E-state index in [1.807, 2.05) is 13.0 Å². The molecular weight excluding hydrogens is 142 g/mol. The fraction of sp³-hybridized carbons (Fsp3) is 0.286. The third kappa shape index (κ3) is 1.90. The second-order valence-corrected chi connectivity index (χ2v) is 1.82. The summed E-state index contributed by atoms with van der Waals surface area (Å²) < 4.78 is 5.09. The zero-order valence-electron chi connectivity index (χ0n) is 6.11. The van der Waals surface area contributed by atoms with Crippen molar-refractivity contribution >= 4 is 0 Å². The standard InChI is InChI=1S/C7H7N3O/c1-2-11-7-3-6(4-8)10-9-5-7/h3,5H,2H2,1H3. The Morgan fingerprint density at radius 1 is 1.73 bits per heavy atom. The number of ether oxygens (including phenoxy) is 1. The first-order valence-electron chi connectivity index (χ1n) is 3.22. The molecule has 1 aromatic rings. The Bertz CT molecular complexity index is 279. The molecule has 0 atom stereocenters.